The van der Waals surface area contributed by atoms with Crippen molar-refractivity contribution < 1.29 is 22.7 Å². The Hall–Kier alpha value is -2.02. The number of hydrogen-bond donors (Lipinski definition) is 1. The Balaban J connectivity index is 1.73. The number of benzene rings is 1. The zero-order valence-electron chi connectivity index (χ0n) is 9.83. The molecule has 0 aromatic heterocycles. The molecule has 0 radical (unpaired) electrons. The number of sulfone groups is 1. The molecular weight excluding hydrogens is 270 g/mol. The lowest BCUT2D eigenvalue weighted by Gasteiger charge is -2.10. The SMILES string of the molecule is O=C(N[C@H]1C=CS(=O)(=O)C1)c1ccc2c(c1)OCO2. The molecule has 19 heavy (non-hydrogen) atoms. The molecule has 0 unspecified atom stereocenters. The quantitative estimate of drug-likeness (QED) is 0.851. The van der Waals surface area contributed by atoms with E-state index in [0.29, 0.717) is 17.1 Å². The van der Waals surface area contributed by atoms with Crippen molar-refractivity contribution in [3.63, 3.8) is 0 Å². The fourth-order valence-corrected chi connectivity index (χ4v) is 3.19. The van der Waals surface area contributed by atoms with E-state index in [1.807, 2.05) is 0 Å². The minimum absolute atomic E-state index is 0.0940. The van der Waals surface area contributed by atoms with Crippen molar-refractivity contribution in [2.24, 2.45) is 0 Å². The molecule has 0 spiro atoms. The van der Waals surface area contributed by atoms with Crippen LogP contribution in [0.3, 0.4) is 0 Å². The summed E-state index contributed by atoms with van der Waals surface area (Å²) in [5.74, 6) is 0.677. The molecule has 0 bridgehead atoms. The molecule has 100 valence electrons. The molecule has 6 nitrogen and oxygen atoms in total. The van der Waals surface area contributed by atoms with E-state index in [2.05, 4.69) is 5.32 Å². The van der Waals surface area contributed by atoms with Crippen molar-refractivity contribution in [3.05, 3.63) is 35.2 Å². The molecule has 1 N–H and O–H groups in total. The molecule has 1 aromatic carbocycles. The maximum atomic E-state index is 12.0. The highest BCUT2D eigenvalue weighted by molar-refractivity contribution is 7.94. The van der Waals surface area contributed by atoms with Gasteiger partial charge in [0.05, 0.1) is 11.8 Å². The zero-order chi connectivity index (χ0) is 13.5. The van der Waals surface area contributed by atoms with Crippen molar-refractivity contribution in [1.29, 1.82) is 0 Å². The van der Waals surface area contributed by atoms with Gasteiger partial charge in [0.2, 0.25) is 6.79 Å². The molecule has 2 heterocycles. The topological polar surface area (TPSA) is 81.7 Å². The van der Waals surface area contributed by atoms with Crippen LogP contribution in [-0.2, 0) is 9.84 Å². The number of ether oxygens (including phenoxy) is 2. The highest BCUT2D eigenvalue weighted by atomic mass is 32.2. The normalized spacial score (nSPS) is 22.4. The predicted octanol–water partition coefficient (Wildman–Crippen LogP) is 0.456. The Labute approximate surface area is 109 Å². The molecule has 0 fully saturated rings. The van der Waals surface area contributed by atoms with Crippen LogP contribution >= 0.6 is 0 Å². The summed E-state index contributed by atoms with van der Waals surface area (Å²) >= 11 is 0. The first-order valence-corrected chi connectivity index (χ1v) is 7.36. The molecule has 7 heteroatoms. The van der Waals surface area contributed by atoms with Crippen molar-refractivity contribution in [2.45, 2.75) is 6.04 Å². The first-order valence-electron chi connectivity index (χ1n) is 5.65. The Bertz CT molecular complexity index is 665. The fourth-order valence-electron chi connectivity index (χ4n) is 1.96. The van der Waals surface area contributed by atoms with Crippen LogP contribution in [0, 0.1) is 0 Å². The summed E-state index contributed by atoms with van der Waals surface area (Å²) in [7, 11) is -3.17. The van der Waals surface area contributed by atoms with Crippen LogP contribution in [0.15, 0.2) is 29.7 Å². The van der Waals surface area contributed by atoms with Crippen LogP contribution in [0.1, 0.15) is 10.4 Å². The van der Waals surface area contributed by atoms with E-state index >= 15 is 0 Å². The van der Waals surface area contributed by atoms with Gasteiger partial charge in [0.15, 0.2) is 21.3 Å². The lowest BCUT2D eigenvalue weighted by Crippen LogP contribution is -2.35. The third kappa shape index (κ3) is 2.41. The summed E-state index contributed by atoms with van der Waals surface area (Å²) in [6.45, 7) is 0.143. The Kier molecular flexibility index (Phi) is 2.70. The number of nitrogens with one attached hydrogen (secondary N) is 1. The Morgan fingerprint density at radius 2 is 2.05 bits per heavy atom. The second kappa shape index (κ2) is 4.27. The monoisotopic (exact) mass is 281 g/mol. The molecular formula is C12H11NO5S. The van der Waals surface area contributed by atoms with Crippen LogP contribution in [0.4, 0.5) is 0 Å². The lowest BCUT2D eigenvalue weighted by atomic mass is 10.2. The molecule has 0 saturated carbocycles. The minimum Gasteiger partial charge on any atom is -0.454 e. The highest BCUT2D eigenvalue weighted by Gasteiger charge is 2.24. The summed E-state index contributed by atoms with van der Waals surface area (Å²) in [6, 6.07) is 4.35. The lowest BCUT2D eigenvalue weighted by molar-refractivity contribution is 0.0947. The van der Waals surface area contributed by atoms with Gasteiger partial charge < -0.3 is 14.8 Å². The first kappa shape index (κ1) is 12.0. The number of carbonyl (C=O) groups is 1. The zero-order valence-corrected chi connectivity index (χ0v) is 10.6. The molecule has 1 atom stereocenters. The maximum absolute atomic E-state index is 12.0. The minimum atomic E-state index is -3.17. The summed E-state index contributed by atoms with van der Waals surface area (Å²) in [4.78, 5) is 12.0. The van der Waals surface area contributed by atoms with Gasteiger partial charge in [0.25, 0.3) is 5.91 Å². The molecule has 2 aliphatic rings. The summed E-state index contributed by atoms with van der Waals surface area (Å²) in [6.07, 6.45) is 1.47. The fraction of sp³-hybridized carbons (Fsp3) is 0.250. The van der Waals surface area contributed by atoms with Gasteiger partial charge in [-0.25, -0.2) is 8.42 Å². The van der Waals surface area contributed by atoms with Gasteiger partial charge >= 0.3 is 0 Å². The number of fused-ring (bicyclic) bond motifs is 1. The van der Waals surface area contributed by atoms with E-state index in [-0.39, 0.29) is 18.5 Å². The van der Waals surface area contributed by atoms with E-state index < -0.39 is 15.9 Å². The second-order valence-corrected chi connectivity index (χ2v) is 6.24. The molecule has 3 rings (SSSR count). The third-order valence-electron chi connectivity index (χ3n) is 2.88. The van der Waals surface area contributed by atoms with Crippen molar-refractivity contribution in [1.82, 2.24) is 5.32 Å². The van der Waals surface area contributed by atoms with Crippen LogP contribution in [0.5, 0.6) is 11.5 Å². The second-order valence-electron chi connectivity index (χ2n) is 4.31. The molecule has 0 saturated heterocycles. The van der Waals surface area contributed by atoms with Crippen molar-refractivity contribution in [2.75, 3.05) is 12.5 Å². The summed E-state index contributed by atoms with van der Waals surface area (Å²) in [5.41, 5.74) is 0.405. The number of hydrogen-bond acceptors (Lipinski definition) is 5. The first-order chi connectivity index (χ1) is 9.03. The van der Waals surface area contributed by atoms with E-state index in [9.17, 15) is 13.2 Å². The predicted molar refractivity (Wildman–Crippen MR) is 66.7 cm³/mol. The van der Waals surface area contributed by atoms with E-state index in [1.165, 1.54) is 6.08 Å². The number of rotatable bonds is 2. The van der Waals surface area contributed by atoms with Crippen LogP contribution in [0.2, 0.25) is 0 Å². The highest BCUT2D eigenvalue weighted by Crippen LogP contribution is 2.32. The van der Waals surface area contributed by atoms with Gasteiger partial charge in [0.1, 0.15) is 0 Å². The summed E-state index contributed by atoms with van der Waals surface area (Å²) < 4.78 is 32.8. The summed E-state index contributed by atoms with van der Waals surface area (Å²) in [5, 5.41) is 3.76. The Morgan fingerprint density at radius 1 is 1.26 bits per heavy atom. The molecule has 2 aliphatic heterocycles. The van der Waals surface area contributed by atoms with E-state index in [0.717, 1.165) is 5.41 Å². The molecule has 0 aliphatic carbocycles. The van der Waals surface area contributed by atoms with E-state index in [4.69, 9.17) is 9.47 Å². The van der Waals surface area contributed by atoms with Crippen LogP contribution in [0.25, 0.3) is 0 Å². The largest absolute Gasteiger partial charge is 0.454 e. The van der Waals surface area contributed by atoms with E-state index in [1.54, 1.807) is 18.2 Å². The van der Waals surface area contributed by atoms with Crippen molar-refractivity contribution in [3.8, 4) is 11.5 Å². The smallest absolute Gasteiger partial charge is 0.251 e. The number of amides is 1. The van der Waals surface area contributed by atoms with Gasteiger partial charge in [-0.2, -0.15) is 0 Å². The third-order valence-corrected chi connectivity index (χ3v) is 4.28. The van der Waals surface area contributed by atoms with Crippen LogP contribution in [-0.4, -0.2) is 32.9 Å². The van der Waals surface area contributed by atoms with Gasteiger partial charge in [-0.3, -0.25) is 4.79 Å². The number of carbonyl (C=O) groups excluding carboxylic acids is 1. The molecule has 1 amide bonds. The van der Waals surface area contributed by atoms with Crippen molar-refractivity contribution >= 4 is 15.7 Å². The Morgan fingerprint density at radius 3 is 2.79 bits per heavy atom. The van der Waals surface area contributed by atoms with Crippen LogP contribution < -0.4 is 14.8 Å². The van der Waals surface area contributed by atoms with Gasteiger partial charge in [-0.15, -0.1) is 0 Å². The average Bonchev–Trinajstić information content (AvgIpc) is 2.94. The maximum Gasteiger partial charge on any atom is 0.251 e. The van der Waals surface area contributed by atoms with Gasteiger partial charge in [-0.05, 0) is 24.3 Å². The molecule has 1 aromatic rings. The van der Waals surface area contributed by atoms with Gasteiger partial charge in [-0.1, -0.05) is 0 Å². The van der Waals surface area contributed by atoms with Gasteiger partial charge in [0, 0.05) is 11.0 Å². The average molecular weight is 281 g/mol. The standard InChI is InChI=1S/C12H11NO5S/c14-12(13-9-3-4-19(15,16)6-9)8-1-2-10-11(5-8)18-7-17-10/h1-5,9H,6-7H2,(H,13,14)/t9-/m0/s1.